The highest BCUT2D eigenvalue weighted by molar-refractivity contribution is 5.76. The fourth-order valence-electron chi connectivity index (χ4n) is 2.66. The Kier molecular flexibility index (Phi) is 5.92. The minimum absolute atomic E-state index is 0.0841. The summed E-state index contributed by atoms with van der Waals surface area (Å²) < 4.78 is 5.38. The number of amides is 1. The molecule has 0 unspecified atom stereocenters. The Hall–Kier alpha value is -2.15. The molecule has 23 heavy (non-hydrogen) atoms. The minimum Gasteiger partial charge on any atom is -0.486 e. The monoisotopic (exact) mass is 321 g/mol. The van der Waals surface area contributed by atoms with Crippen LogP contribution in [0.4, 0.5) is 5.69 Å². The Bertz CT molecular complexity index is 562. The maximum Gasteiger partial charge on any atom is 0.310 e. The highest BCUT2D eigenvalue weighted by Crippen LogP contribution is 2.25. The standard InChI is InChI=1S/C16H23N3O4/c1-12(2)18-9-7-13(11-18)17-16(20)8-10-23-15-6-4-3-5-14(15)19(21)22/h3-6,12-13H,7-11H2,1-2H3,(H,17,20)/t13-/m1/s1. The second kappa shape index (κ2) is 7.92. The van der Waals surface area contributed by atoms with Gasteiger partial charge in [0.15, 0.2) is 5.75 Å². The normalized spacial score (nSPS) is 18.1. The summed E-state index contributed by atoms with van der Waals surface area (Å²) in [6.45, 7) is 6.27. The Morgan fingerprint density at radius 2 is 2.22 bits per heavy atom. The molecule has 7 heteroatoms. The van der Waals surface area contributed by atoms with Gasteiger partial charge >= 0.3 is 5.69 Å². The van der Waals surface area contributed by atoms with Crippen LogP contribution in [0.25, 0.3) is 0 Å². The maximum absolute atomic E-state index is 11.9. The van der Waals surface area contributed by atoms with Crippen LogP contribution < -0.4 is 10.1 Å². The fraction of sp³-hybridized carbons (Fsp3) is 0.562. The molecule has 0 aromatic heterocycles. The quantitative estimate of drug-likeness (QED) is 0.613. The molecule has 2 rings (SSSR count). The molecule has 1 aliphatic heterocycles. The van der Waals surface area contributed by atoms with Gasteiger partial charge in [0.1, 0.15) is 0 Å². The number of nitrogens with one attached hydrogen (secondary N) is 1. The van der Waals surface area contributed by atoms with Crippen molar-refractivity contribution < 1.29 is 14.5 Å². The predicted molar refractivity (Wildman–Crippen MR) is 86.5 cm³/mol. The highest BCUT2D eigenvalue weighted by Gasteiger charge is 2.25. The van der Waals surface area contributed by atoms with Crippen LogP contribution in [-0.2, 0) is 4.79 Å². The number of ether oxygens (including phenoxy) is 1. The molecule has 1 fully saturated rings. The van der Waals surface area contributed by atoms with Gasteiger partial charge in [0, 0.05) is 31.2 Å². The van der Waals surface area contributed by atoms with E-state index < -0.39 is 4.92 Å². The smallest absolute Gasteiger partial charge is 0.310 e. The number of carbonyl (C=O) groups excluding carboxylic acids is 1. The largest absolute Gasteiger partial charge is 0.486 e. The molecule has 0 bridgehead atoms. The minimum atomic E-state index is -0.492. The van der Waals surface area contributed by atoms with E-state index in [4.69, 9.17) is 4.74 Å². The van der Waals surface area contributed by atoms with E-state index >= 15 is 0 Å². The third kappa shape index (κ3) is 4.92. The van der Waals surface area contributed by atoms with Gasteiger partial charge in [-0.1, -0.05) is 12.1 Å². The van der Waals surface area contributed by atoms with Crippen LogP contribution in [0.15, 0.2) is 24.3 Å². The van der Waals surface area contributed by atoms with Gasteiger partial charge in [-0.05, 0) is 26.3 Å². The van der Waals surface area contributed by atoms with Crippen LogP contribution in [0.3, 0.4) is 0 Å². The van der Waals surface area contributed by atoms with Crippen molar-refractivity contribution in [3.05, 3.63) is 34.4 Å². The van der Waals surface area contributed by atoms with Crippen LogP contribution in [0.5, 0.6) is 5.75 Å². The summed E-state index contributed by atoms with van der Waals surface area (Å²) in [5.74, 6) is 0.108. The van der Waals surface area contributed by atoms with Gasteiger partial charge < -0.3 is 10.1 Å². The second-order valence-corrected chi connectivity index (χ2v) is 5.97. The molecule has 1 saturated heterocycles. The maximum atomic E-state index is 11.9. The molecular weight excluding hydrogens is 298 g/mol. The summed E-state index contributed by atoms with van der Waals surface area (Å²) in [6, 6.07) is 6.83. The topological polar surface area (TPSA) is 84.7 Å². The lowest BCUT2D eigenvalue weighted by atomic mass is 10.2. The molecule has 7 nitrogen and oxygen atoms in total. The van der Waals surface area contributed by atoms with E-state index in [1.54, 1.807) is 12.1 Å². The number of carbonyl (C=O) groups is 1. The zero-order valence-electron chi connectivity index (χ0n) is 13.5. The summed E-state index contributed by atoms with van der Waals surface area (Å²) >= 11 is 0. The first-order chi connectivity index (χ1) is 11.0. The summed E-state index contributed by atoms with van der Waals surface area (Å²) in [6.07, 6.45) is 1.14. The zero-order valence-corrected chi connectivity index (χ0v) is 13.5. The third-order valence-corrected chi connectivity index (χ3v) is 3.96. The van der Waals surface area contributed by atoms with Crippen LogP contribution in [0.2, 0.25) is 0 Å². The lowest BCUT2D eigenvalue weighted by Crippen LogP contribution is -2.38. The van der Waals surface area contributed by atoms with Crippen molar-refractivity contribution >= 4 is 11.6 Å². The van der Waals surface area contributed by atoms with Gasteiger partial charge in [-0.3, -0.25) is 19.8 Å². The van der Waals surface area contributed by atoms with Crippen molar-refractivity contribution in [3.8, 4) is 5.75 Å². The number of likely N-dealkylation sites (tertiary alicyclic amines) is 1. The number of hydrogen-bond donors (Lipinski definition) is 1. The van der Waals surface area contributed by atoms with Crippen LogP contribution >= 0.6 is 0 Å². The molecule has 0 spiro atoms. The van der Waals surface area contributed by atoms with Crippen molar-refractivity contribution in [1.82, 2.24) is 10.2 Å². The third-order valence-electron chi connectivity index (χ3n) is 3.96. The Labute approximate surface area is 135 Å². The van der Waals surface area contributed by atoms with Crippen molar-refractivity contribution in [2.45, 2.75) is 38.8 Å². The van der Waals surface area contributed by atoms with Gasteiger partial charge in [-0.2, -0.15) is 0 Å². The lowest BCUT2D eigenvalue weighted by molar-refractivity contribution is -0.385. The molecule has 1 N–H and O–H groups in total. The molecular formula is C16H23N3O4. The molecule has 1 heterocycles. The summed E-state index contributed by atoms with van der Waals surface area (Å²) in [4.78, 5) is 24.7. The van der Waals surface area contributed by atoms with Crippen LogP contribution in [-0.4, -0.2) is 47.5 Å². The molecule has 1 aliphatic rings. The number of rotatable bonds is 7. The van der Waals surface area contributed by atoms with Crippen molar-refractivity contribution in [3.63, 3.8) is 0 Å². The number of nitro benzene ring substituents is 1. The Balaban J connectivity index is 1.75. The fourth-order valence-corrected chi connectivity index (χ4v) is 2.66. The first-order valence-electron chi connectivity index (χ1n) is 7.87. The number of para-hydroxylation sites is 2. The number of hydrogen-bond acceptors (Lipinski definition) is 5. The first-order valence-corrected chi connectivity index (χ1v) is 7.87. The average Bonchev–Trinajstić information content (AvgIpc) is 2.96. The predicted octanol–water partition coefficient (Wildman–Crippen LogP) is 1.96. The molecule has 1 atom stereocenters. The van der Waals surface area contributed by atoms with E-state index in [9.17, 15) is 14.9 Å². The summed E-state index contributed by atoms with van der Waals surface area (Å²) in [7, 11) is 0. The second-order valence-electron chi connectivity index (χ2n) is 5.97. The van der Waals surface area contributed by atoms with E-state index in [1.165, 1.54) is 12.1 Å². The van der Waals surface area contributed by atoms with Gasteiger partial charge in [0.2, 0.25) is 5.91 Å². The highest BCUT2D eigenvalue weighted by atomic mass is 16.6. The zero-order chi connectivity index (χ0) is 16.8. The molecule has 1 amide bonds. The average molecular weight is 321 g/mol. The van der Waals surface area contributed by atoms with Gasteiger partial charge in [-0.25, -0.2) is 0 Å². The summed E-state index contributed by atoms with van der Waals surface area (Å²) in [5.41, 5.74) is -0.0868. The van der Waals surface area contributed by atoms with Crippen molar-refractivity contribution in [2.75, 3.05) is 19.7 Å². The van der Waals surface area contributed by atoms with Gasteiger partial charge in [-0.15, -0.1) is 0 Å². The first kappa shape index (κ1) is 17.2. The van der Waals surface area contributed by atoms with E-state index in [1.807, 2.05) is 0 Å². The Morgan fingerprint density at radius 3 is 2.87 bits per heavy atom. The molecule has 126 valence electrons. The van der Waals surface area contributed by atoms with Crippen LogP contribution in [0.1, 0.15) is 26.7 Å². The molecule has 0 saturated carbocycles. The van der Waals surface area contributed by atoms with E-state index in [-0.39, 0.29) is 36.4 Å². The lowest BCUT2D eigenvalue weighted by Gasteiger charge is -2.20. The molecule has 0 radical (unpaired) electrons. The molecule has 1 aromatic carbocycles. The number of benzene rings is 1. The molecule has 0 aliphatic carbocycles. The Morgan fingerprint density at radius 1 is 1.48 bits per heavy atom. The van der Waals surface area contributed by atoms with Crippen LogP contribution in [0, 0.1) is 10.1 Å². The number of nitro groups is 1. The van der Waals surface area contributed by atoms with Crippen molar-refractivity contribution in [1.29, 1.82) is 0 Å². The SMILES string of the molecule is CC(C)N1CC[C@@H](NC(=O)CCOc2ccccc2[N+](=O)[O-])C1. The summed E-state index contributed by atoms with van der Waals surface area (Å²) in [5, 5.41) is 13.9. The van der Waals surface area contributed by atoms with E-state index in [0.29, 0.717) is 6.04 Å². The number of nitrogens with zero attached hydrogens (tertiary/aromatic N) is 2. The van der Waals surface area contributed by atoms with E-state index in [2.05, 4.69) is 24.1 Å². The van der Waals surface area contributed by atoms with E-state index in [0.717, 1.165) is 19.5 Å². The van der Waals surface area contributed by atoms with Gasteiger partial charge in [0.25, 0.3) is 0 Å². The van der Waals surface area contributed by atoms with Gasteiger partial charge in [0.05, 0.1) is 18.0 Å². The van der Waals surface area contributed by atoms with Crippen molar-refractivity contribution in [2.24, 2.45) is 0 Å². The molecule has 1 aromatic rings.